The van der Waals surface area contributed by atoms with Crippen LogP contribution in [0.25, 0.3) is 0 Å². The summed E-state index contributed by atoms with van der Waals surface area (Å²) in [5, 5.41) is 0. The van der Waals surface area contributed by atoms with Gasteiger partial charge in [0, 0.05) is 17.6 Å². The molecule has 0 aliphatic carbocycles. The van der Waals surface area contributed by atoms with E-state index in [9.17, 15) is 0 Å². The molecule has 17 heavy (non-hydrogen) atoms. The molecule has 2 N–H and O–H groups in total. The van der Waals surface area contributed by atoms with E-state index in [0.29, 0.717) is 5.92 Å². The molecule has 0 radical (unpaired) electrons. The molecule has 2 rings (SSSR count). The number of halogens is 1. The number of hydrogen-bond acceptors (Lipinski definition) is 2. The molecule has 2 nitrogen and oxygen atoms in total. The molecule has 1 aromatic rings. The predicted molar refractivity (Wildman–Crippen MR) is 75.9 cm³/mol. The first-order valence-corrected chi connectivity index (χ1v) is 7.16. The van der Waals surface area contributed by atoms with Crippen LogP contribution in [0.2, 0.25) is 0 Å². The fraction of sp³-hybridized carbons (Fsp3) is 0.571. The van der Waals surface area contributed by atoms with Crippen molar-refractivity contribution in [1.82, 2.24) is 4.90 Å². The molecule has 94 valence electrons. The summed E-state index contributed by atoms with van der Waals surface area (Å²) >= 11 is 3.55. The fourth-order valence-electron chi connectivity index (χ4n) is 2.55. The lowest BCUT2D eigenvalue weighted by molar-refractivity contribution is 0.171. The zero-order valence-electron chi connectivity index (χ0n) is 10.5. The minimum atomic E-state index is 0.695. The van der Waals surface area contributed by atoms with Gasteiger partial charge in [-0.2, -0.15) is 0 Å². The zero-order chi connectivity index (χ0) is 12.3. The molecular weight excluding hydrogens is 276 g/mol. The first-order chi connectivity index (χ1) is 8.19. The number of likely N-dealkylation sites (tertiary alicyclic amines) is 1. The second-order valence-corrected chi connectivity index (χ2v) is 5.92. The highest BCUT2D eigenvalue weighted by molar-refractivity contribution is 9.10. The van der Waals surface area contributed by atoms with E-state index in [-0.39, 0.29) is 0 Å². The van der Waals surface area contributed by atoms with Crippen LogP contribution in [0.1, 0.15) is 24.0 Å². The van der Waals surface area contributed by atoms with E-state index in [1.807, 2.05) is 0 Å². The van der Waals surface area contributed by atoms with Crippen LogP contribution >= 0.6 is 15.9 Å². The number of nitrogens with zero attached hydrogens (tertiary/aromatic N) is 1. The van der Waals surface area contributed by atoms with Crippen LogP contribution in [-0.2, 0) is 6.54 Å². The van der Waals surface area contributed by atoms with Crippen molar-refractivity contribution in [2.24, 2.45) is 11.7 Å². The van der Waals surface area contributed by atoms with Crippen molar-refractivity contribution < 1.29 is 0 Å². The summed E-state index contributed by atoms with van der Waals surface area (Å²) in [5.74, 6) is 0.695. The molecule has 1 saturated heterocycles. The molecule has 0 saturated carbocycles. The van der Waals surface area contributed by atoms with Crippen LogP contribution in [0.3, 0.4) is 0 Å². The Kier molecular flexibility index (Phi) is 4.60. The van der Waals surface area contributed by atoms with Crippen molar-refractivity contribution >= 4 is 15.9 Å². The summed E-state index contributed by atoms with van der Waals surface area (Å²) in [6.07, 6.45) is 2.59. The average Bonchev–Trinajstić information content (AvgIpc) is 2.34. The predicted octanol–water partition coefficient (Wildman–Crippen LogP) is 2.93. The summed E-state index contributed by atoms with van der Waals surface area (Å²) in [4.78, 5) is 2.53. The number of piperidine rings is 1. The largest absolute Gasteiger partial charge is 0.330 e. The van der Waals surface area contributed by atoms with E-state index in [4.69, 9.17) is 5.73 Å². The molecular formula is C14H21BrN2. The molecule has 1 unspecified atom stereocenters. The van der Waals surface area contributed by atoms with Gasteiger partial charge in [0.25, 0.3) is 0 Å². The maximum atomic E-state index is 5.77. The Morgan fingerprint density at radius 1 is 1.47 bits per heavy atom. The highest BCUT2D eigenvalue weighted by Gasteiger charge is 2.18. The number of hydrogen-bond donors (Lipinski definition) is 1. The average molecular weight is 297 g/mol. The Morgan fingerprint density at radius 3 is 3.00 bits per heavy atom. The smallest absolute Gasteiger partial charge is 0.0233 e. The third kappa shape index (κ3) is 3.54. The maximum absolute atomic E-state index is 5.77. The lowest BCUT2D eigenvalue weighted by Crippen LogP contribution is -2.37. The quantitative estimate of drug-likeness (QED) is 0.929. The highest BCUT2D eigenvalue weighted by Crippen LogP contribution is 2.21. The third-order valence-corrected chi connectivity index (χ3v) is 4.45. The van der Waals surface area contributed by atoms with Gasteiger partial charge in [-0.1, -0.05) is 28.1 Å². The molecule has 1 atom stereocenters. The number of rotatable bonds is 3. The Bertz CT molecular complexity index is 378. The summed E-state index contributed by atoms with van der Waals surface area (Å²) in [6, 6.07) is 6.63. The van der Waals surface area contributed by atoms with Gasteiger partial charge >= 0.3 is 0 Å². The molecule has 0 spiro atoms. The van der Waals surface area contributed by atoms with Crippen molar-refractivity contribution in [3.05, 3.63) is 33.8 Å². The van der Waals surface area contributed by atoms with E-state index in [0.717, 1.165) is 19.6 Å². The van der Waals surface area contributed by atoms with Crippen molar-refractivity contribution in [3.63, 3.8) is 0 Å². The van der Waals surface area contributed by atoms with Crippen LogP contribution in [0.5, 0.6) is 0 Å². The van der Waals surface area contributed by atoms with Crippen molar-refractivity contribution in [3.8, 4) is 0 Å². The van der Waals surface area contributed by atoms with Crippen molar-refractivity contribution in [1.29, 1.82) is 0 Å². The summed E-state index contributed by atoms with van der Waals surface area (Å²) in [6.45, 7) is 6.41. The topological polar surface area (TPSA) is 29.3 Å². The zero-order valence-corrected chi connectivity index (χ0v) is 12.0. The Labute approximate surface area is 112 Å². The van der Waals surface area contributed by atoms with Crippen LogP contribution in [0, 0.1) is 12.8 Å². The summed E-state index contributed by atoms with van der Waals surface area (Å²) in [5.41, 5.74) is 8.49. The Hall–Kier alpha value is -0.380. The van der Waals surface area contributed by atoms with E-state index < -0.39 is 0 Å². The van der Waals surface area contributed by atoms with Gasteiger partial charge in [-0.05, 0) is 56.0 Å². The van der Waals surface area contributed by atoms with E-state index in [1.165, 1.54) is 35.0 Å². The maximum Gasteiger partial charge on any atom is 0.0233 e. The fourth-order valence-corrected chi connectivity index (χ4v) is 2.80. The lowest BCUT2D eigenvalue weighted by atomic mass is 9.98. The van der Waals surface area contributed by atoms with Gasteiger partial charge in [0.05, 0.1) is 0 Å². The highest BCUT2D eigenvalue weighted by atomic mass is 79.9. The van der Waals surface area contributed by atoms with E-state index in [2.05, 4.69) is 46.0 Å². The summed E-state index contributed by atoms with van der Waals surface area (Å²) < 4.78 is 1.19. The minimum absolute atomic E-state index is 0.695. The van der Waals surface area contributed by atoms with Gasteiger partial charge in [-0.25, -0.2) is 0 Å². The Morgan fingerprint density at radius 2 is 2.29 bits per heavy atom. The molecule has 0 aromatic heterocycles. The van der Waals surface area contributed by atoms with E-state index in [1.54, 1.807) is 0 Å². The van der Waals surface area contributed by atoms with Crippen molar-refractivity contribution in [2.75, 3.05) is 19.6 Å². The second-order valence-electron chi connectivity index (χ2n) is 5.06. The van der Waals surface area contributed by atoms with Gasteiger partial charge < -0.3 is 5.73 Å². The van der Waals surface area contributed by atoms with Crippen LogP contribution in [0.4, 0.5) is 0 Å². The van der Waals surface area contributed by atoms with Gasteiger partial charge in [-0.15, -0.1) is 0 Å². The molecule has 0 amide bonds. The van der Waals surface area contributed by atoms with E-state index >= 15 is 0 Å². The first-order valence-electron chi connectivity index (χ1n) is 6.36. The first kappa shape index (κ1) is 13.1. The normalized spacial score (nSPS) is 21.7. The van der Waals surface area contributed by atoms with Gasteiger partial charge in [0.2, 0.25) is 0 Å². The number of aryl methyl sites for hydroxylation is 1. The molecule has 1 fully saturated rings. The molecule has 1 aliphatic heterocycles. The third-order valence-electron chi connectivity index (χ3n) is 3.56. The van der Waals surface area contributed by atoms with Gasteiger partial charge in [0.1, 0.15) is 0 Å². The molecule has 1 aliphatic rings. The van der Waals surface area contributed by atoms with Crippen LogP contribution < -0.4 is 5.73 Å². The molecule has 3 heteroatoms. The number of nitrogens with two attached hydrogens (primary N) is 1. The molecule has 1 heterocycles. The SMILES string of the molecule is Cc1cc(CN2CCCC(CN)C2)ccc1Br. The van der Waals surface area contributed by atoms with Crippen LogP contribution in [-0.4, -0.2) is 24.5 Å². The second kappa shape index (κ2) is 5.98. The lowest BCUT2D eigenvalue weighted by Gasteiger charge is -2.32. The van der Waals surface area contributed by atoms with Gasteiger partial charge in [0.15, 0.2) is 0 Å². The Balaban J connectivity index is 1.97. The molecule has 1 aromatic carbocycles. The monoisotopic (exact) mass is 296 g/mol. The standard InChI is InChI=1S/C14H21BrN2/c1-11-7-12(4-5-14(11)15)9-17-6-2-3-13(8-16)10-17/h4-5,7,13H,2-3,6,8-10,16H2,1H3. The number of benzene rings is 1. The summed E-state index contributed by atoms with van der Waals surface area (Å²) in [7, 11) is 0. The molecule has 0 bridgehead atoms. The van der Waals surface area contributed by atoms with Crippen molar-refractivity contribution in [2.45, 2.75) is 26.3 Å². The van der Waals surface area contributed by atoms with Gasteiger partial charge in [-0.3, -0.25) is 4.90 Å². The van der Waals surface area contributed by atoms with Crippen LogP contribution in [0.15, 0.2) is 22.7 Å². The minimum Gasteiger partial charge on any atom is -0.330 e.